The van der Waals surface area contributed by atoms with Gasteiger partial charge in [0.1, 0.15) is 11.8 Å². The quantitative estimate of drug-likeness (QED) is 0.759. The van der Waals surface area contributed by atoms with Gasteiger partial charge in [-0.1, -0.05) is 24.3 Å². The lowest BCUT2D eigenvalue weighted by atomic mass is 9.88. The van der Waals surface area contributed by atoms with Gasteiger partial charge in [-0.15, -0.1) is 0 Å². The van der Waals surface area contributed by atoms with Crippen LogP contribution < -0.4 is 11.4 Å². The molecule has 4 heteroatoms. The van der Waals surface area contributed by atoms with Crippen molar-refractivity contribution in [2.75, 3.05) is 5.73 Å². The van der Waals surface area contributed by atoms with Gasteiger partial charge in [-0.3, -0.25) is 0 Å². The van der Waals surface area contributed by atoms with E-state index < -0.39 is 5.63 Å². The second kappa shape index (κ2) is 3.74. The molecule has 1 aromatic carbocycles. The van der Waals surface area contributed by atoms with E-state index in [1.54, 1.807) is 6.07 Å². The summed E-state index contributed by atoms with van der Waals surface area (Å²) >= 11 is 0. The monoisotopic (exact) mass is 238 g/mol. The normalized spacial score (nSPS) is 12.4. The van der Waals surface area contributed by atoms with Gasteiger partial charge in [0.15, 0.2) is 5.56 Å². The summed E-state index contributed by atoms with van der Waals surface area (Å²) in [6.07, 6.45) is 1.53. The van der Waals surface area contributed by atoms with Crippen LogP contribution in [0.25, 0.3) is 11.3 Å². The molecule has 0 saturated carbocycles. The molecule has 1 aliphatic carbocycles. The summed E-state index contributed by atoms with van der Waals surface area (Å²) in [7, 11) is 0. The van der Waals surface area contributed by atoms with Crippen LogP contribution in [-0.4, -0.2) is 0 Å². The average Bonchev–Trinajstić information content (AvgIpc) is 2.39. The zero-order valence-corrected chi connectivity index (χ0v) is 9.56. The lowest BCUT2D eigenvalue weighted by Crippen LogP contribution is -2.16. The summed E-state index contributed by atoms with van der Waals surface area (Å²) in [6, 6.07) is 9.56. The highest BCUT2D eigenvalue weighted by atomic mass is 16.4. The minimum Gasteiger partial charge on any atom is -0.421 e. The number of nitrogen functional groups attached to an aromatic ring is 1. The predicted octanol–water partition coefficient (Wildman–Crippen LogP) is 1.86. The minimum atomic E-state index is -0.662. The van der Waals surface area contributed by atoms with E-state index in [9.17, 15) is 4.79 Å². The van der Waals surface area contributed by atoms with E-state index in [1.165, 1.54) is 0 Å². The Morgan fingerprint density at radius 3 is 2.83 bits per heavy atom. The van der Waals surface area contributed by atoms with Gasteiger partial charge in [0, 0.05) is 11.1 Å². The standard InChI is InChI=1S/C14H10N2O2/c15-7-11-12(16)10-6-5-8-3-1-2-4-9(8)13(10)18-14(11)17/h1-4H,5-6,16H2. The first-order chi connectivity index (χ1) is 8.72. The van der Waals surface area contributed by atoms with Gasteiger partial charge < -0.3 is 10.2 Å². The predicted molar refractivity (Wildman–Crippen MR) is 66.9 cm³/mol. The molecule has 2 aromatic rings. The lowest BCUT2D eigenvalue weighted by molar-refractivity contribution is 0.514. The van der Waals surface area contributed by atoms with Crippen molar-refractivity contribution in [2.45, 2.75) is 12.8 Å². The molecule has 18 heavy (non-hydrogen) atoms. The molecular weight excluding hydrogens is 228 g/mol. The Kier molecular flexibility index (Phi) is 2.20. The smallest absolute Gasteiger partial charge is 0.356 e. The molecule has 0 aliphatic heterocycles. The van der Waals surface area contributed by atoms with E-state index in [0.717, 1.165) is 23.1 Å². The second-order valence-corrected chi connectivity index (χ2v) is 4.25. The summed E-state index contributed by atoms with van der Waals surface area (Å²) in [4.78, 5) is 11.7. The van der Waals surface area contributed by atoms with Crippen LogP contribution in [0.3, 0.4) is 0 Å². The van der Waals surface area contributed by atoms with Crippen LogP contribution in [0.4, 0.5) is 5.69 Å². The maximum atomic E-state index is 11.7. The second-order valence-electron chi connectivity index (χ2n) is 4.25. The molecule has 0 bridgehead atoms. The first kappa shape index (κ1) is 10.6. The van der Waals surface area contributed by atoms with E-state index in [1.807, 2.05) is 24.3 Å². The molecule has 1 aliphatic rings. The molecule has 0 radical (unpaired) electrons. The third-order valence-electron chi connectivity index (χ3n) is 3.29. The Morgan fingerprint density at radius 1 is 1.28 bits per heavy atom. The highest BCUT2D eigenvalue weighted by Crippen LogP contribution is 2.35. The Bertz CT molecular complexity index is 738. The molecule has 0 unspecified atom stereocenters. The van der Waals surface area contributed by atoms with Gasteiger partial charge in [0.25, 0.3) is 0 Å². The number of nitrogens with two attached hydrogens (primary N) is 1. The van der Waals surface area contributed by atoms with Crippen molar-refractivity contribution >= 4 is 5.69 Å². The molecule has 1 aromatic heterocycles. The molecule has 0 fully saturated rings. The molecule has 1 heterocycles. The fraction of sp³-hybridized carbons (Fsp3) is 0.143. The van der Waals surface area contributed by atoms with Crippen LogP contribution in [-0.2, 0) is 12.8 Å². The summed E-state index contributed by atoms with van der Waals surface area (Å²) in [5, 5.41) is 8.91. The summed E-state index contributed by atoms with van der Waals surface area (Å²) in [6.45, 7) is 0. The number of hydrogen-bond donors (Lipinski definition) is 1. The van der Waals surface area contributed by atoms with Crippen molar-refractivity contribution < 1.29 is 4.42 Å². The van der Waals surface area contributed by atoms with Crippen LogP contribution in [0.5, 0.6) is 0 Å². The molecule has 2 N–H and O–H groups in total. The number of rotatable bonds is 0. The van der Waals surface area contributed by atoms with E-state index in [4.69, 9.17) is 15.4 Å². The third kappa shape index (κ3) is 1.34. The van der Waals surface area contributed by atoms with Crippen LogP contribution in [0.15, 0.2) is 33.5 Å². The molecule has 0 atom stereocenters. The zero-order chi connectivity index (χ0) is 12.7. The summed E-state index contributed by atoms with van der Waals surface area (Å²) in [5.74, 6) is 0.512. The van der Waals surface area contributed by atoms with Gasteiger partial charge >= 0.3 is 5.63 Å². The average molecular weight is 238 g/mol. The van der Waals surface area contributed by atoms with Crippen LogP contribution in [0, 0.1) is 11.3 Å². The number of anilines is 1. The number of aryl methyl sites for hydroxylation is 1. The Morgan fingerprint density at radius 2 is 2.06 bits per heavy atom. The van der Waals surface area contributed by atoms with E-state index in [0.29, 0.717) is 12.2 Å². The van der Waals surface area contributed by atoms with Crippen LogP contribution in [0.2, 0.25) is 0 Å². The first-order valence-electron chi connectivity index (χ1n) is 5.66. The minimum absolute atomic E-state index is 0.0897. The molecular formula is C14H10N2O2. The van der Waals surface area contributed by atoms with E-state index >= 15 is 0 Å². The third-order valence-corrected chi connectivity index (χ3v) is 3.29. The number of nitriles is 1. The van der Waals surface area contributed by atoms with Crippen molar-refractivity contribution in [3.05, 3.63) is 51.4 Å². The number of benzene rings is 1. The Balaban J connectivity index is 2.38. The van der Waals surface area contributed by atoms with Crippen molar-refractivity contribution in [2.24, 2.45) is 0 Å². The van der Waals surface area contributed by atoms with Crippen molar-refractivity contribution in [1.29, 1.82) is 5.26 Å². The topological polar surface area (TPSA) is 80.0 Å². The van der Waals surface area contributed by atoms with Crippen molar-refractivity contribution in [3.63, 3.8) is 0 Å². The largest absolute Gasteiger partial charge is 0.421 e. The van der Waals surface area contributed by atoms with Gasteiger partial charge in [0.05, 0.1) is 5.69 Å². The Hall–Kier alpha value is -2.54. The molecule has 0 saturated heterocycles. The number of hydrogen-bond acceptors (Lipinski definition) is 4. The molecule has 0 amide bonds. The van der Waals surface area contributed by atoms with E-state index in [-0.39, 0.29) is 11.3 Å². The SMILES string of the molecule is N#Cc1c(N)c2c(oc1=O)-c1ccccc1CC2. The fourth-order valence-corrected chi connectivity index (χ4v) is 2.38. The zero-order valence-electron chi connectivity index (χ0n) is 9.56. The molecule has 0 spiro atoms. The van der Waals surface area contributed by atoms with Crippen LogP contribution >= 0.6 is 0 Å². The molecule has 3 rings (SSSR count). The van der Waals surface area contributed by atoms with Gasteiger partial charge in [-0.05, 0) is 18.4 Å². The highest BCUT2D eigenvalue weighted by molar-refractivity contribution is 5.75. The summed E-state index contributed by atoms with van der Waals surface area (Å²) in [5.41, 5.74) is 8.20. The number of nitrogens with zero attached hydrogens (tertiary/aromatic N) is 1. The van der Waals surface area contributed by atoms with Gasteiger partial charge in [0.2, 0.25) is 0 Å². The fourth-order valence-electron chi connectivity index (χ4n) is 2.38. The lowest BCUT2D eigenvalue weighted by Gasteiger charge is -2.19. The summed E-state index contributed by atoms with van der Waals surface area (Å²) < 4.78 is 5.27. The molecule has 88 valence electrons. The highest BCUT2D eigenvalue weighted by Gasteiger charge is 2.23. The maximum Gasteiger partial charge on any atom is 0.356 e. The first-order valence-corrected chi connectivity index (χ1v) is 5.66. The van der Waals surface area contributed by atoms with E-state index in [2.05, 4.69) is 0 Å². The van der Waals surface area contributed by atoms with Crippen molar-refractivity contribution in [3.8, 4) is 17.4 Å². The van der Waals surface area contributed by atoms with Gasteiger partial charge in [-0.2, -0.15) is 5.26 Å². The maximum absolute atomic E-state index is 11.7. The van der Waals surface area contributed by atoms with Crippen molar-refractivity contribution in [1.82, 2.24) is 0 Å². The Labute approximate surface area is 103 Å². The molecule has 4 nitrogen and oxygen atoms in total. The van der Waals surface area contributed by atoms with Gasteiger partial charge in [-0.25, -0.2) is 4.79 Å². The van der Waals surface area contributed by atoms with Crippen LogP contribution in [0.1, 0.15) is 16.7 Å². The number of fused-ring (bicyclic) bond motifs is 3.